The van der Waals surface area contributed by atoms with E-state index in [4.69, 9.17) is 4.74 Å². The minimum atomic E-state index is -0.703. The summed E-state index contributed by atoms with van der Waals surface area (Å²) in [5.74, 6) is -2.14. The van der Waals surface area contributed by atoms with Crippen LogP contribution in [0, 0.1) is 18.7 Å². The average molecular weight is 395 g/mol. The number of fused-ring (bicyclic) bond motifs is 1. The first-order valence-electron chi connectivity index (χ1n) is 9.14. The Kier molecular flexibility index (Phi) is 4.84. The lowest BCUT2D eigenvalue weighted by molar-refractivity contribution is -0.149. The number of pyridine rings is 1. The summed E-state index contributed by atoms with van der Waals surface area (Å²) >= 11 is 0. The molecular weight excluding hydrogens is 377 g/mol. The number of aromatic nitrogens is 2. The van der Waals surface area contributed by atoms with Crippen LogP contribution in [0.5, 0.6) is 0 Å². The van der Waals surface area contributed by atoms with Gasteiger partial charge in [0.25, 0.3) is 5.56 Å². The highest BCUT2D eigenvalue weighted by molar-refractivity contribution is 5.99. The Hall–Kier alpha value is -3.55. The number of carbonyl (C=O) groups is 2. The molecule has 3 aromatic rings. The number of amides is 1. The summed E-state index contributed by atoms with van der Waals surface area (Å²) < 4.78 is 20.7. The maximum atomic E-state index is 14.0. The standard InChI is InChI=1S/C21H18FN3O4/c1-13-5-4-8-18-23-15(10-20(27)25(13)18)12-29-21(28)14-9-19(26)24(11-14)17-7-3-2-6-16(17)22/h2-8,10,14H,9,11-12H2,1H3/t14-/m0/s1. The number of ether oxygens (including phenoxy) is 1. The van der Waals surface area contributed by atoms with E-state index in [2.05, 4.69) is 4.98 Å². The molecule has 2 aromatic heterocycles. The van der Waals surface area contributed by atoms with Crippen molar-refractivity contribution in [3.8, 4) is 0 Å². The molecule has 0 spiro atoms. The summed E-state index contributed by atoms with van der Waals surface area (Å²) in [5.41, 5.74) is 1.42. The van der Waals surface area contributed by atoms with Crippen molar-refractivity contribution in [1.29, 1.82) is 0 Å². The molecule has 4 rings (SSSR count). The smallest absolute Gasteiger partial charge is 0.311 e. The van der Waals surface area contributed by atoms with E-state index >= 15 is 0 Å². The molecule has 0 saturated carbocycles. The van der Waals surface area contributed by atoms with E-state index in [1.165, 1.54) is 33.6 Å². The van der Waals surface area contributed by atoms with Crippen LogP contribution in [0.25, 0.3) is 5.65 Å². The third-order valence-electron chi connectivity index (χ3n) is 4.90. The summed E-state index contributed by atoms with van der Waals surface area (Å²) in [7, 11) is 0. The van der Waals surface area contributed by atoms with Gasteiger partial charge >= 0.3 is 5.97 Å². The topological polar surface area (TPSA) is 81.0 Å². The number of rotatable bonds is 4. The van der Waals surface area contributed by atoms with Gasteiger partial charge in [0.15, 0.2) is 0 Å². The molecule has 1 aromatic carbocycles. The molecule has 0 aliphatic carbocycles. The van der Waals surface area contributed by atoms with E-state index in [0.717, 1.165) is 5.69 Å². The van der Waals surface area contributed by atoms with Crippen LogP contribution in [0.2, 0.25) is 0 Å². The Balaban J connectivity index is 1.46. The summed E-state index contributed by atoms with van der Waals surface area (Å²) in [6.07, 6.45) is -0.0554. The normalized spacial score (nSPS) is 16.4. The first kappa shape index (κ1) is 18.8. The van der Waals surface area contributed by atoms with Crippen LogP contribution in [-0.4, -0.2) is 27.8 Å². The van der Waals surface area contributed by atoms with Crippen LogP contribution < -0.4 is 10.5 Å². The molecule has 7 nitrogen and oxygen atoms in total. The van der Waals surface area contributed by atoms with Crippen molar-refractivity contribution in [3.63, 3.8) is 0 Å². The fourth-order valence-corrected chi connectivity index (χ4v) is 3.47. The number of benzene rings is 1. The summed E-state index contributed by atoms with van der Waals surface area (Å²) in [6, 6.07) is 12.5. The predicted molar refractivity (Wildman–Crippen MR) is 103 cm³/mol. The number of nitrogens with zero attached hydrogens (tertiary/aromatic N) is 3. The molecule has 1 amide bonds. The number of anilines is 1. The lowest BCUT2D eigenvalue weighted by atomic mass is 10.1. The highest BCUT2D eigenvalue weighted by atomic mass is 19.1. The minimum Gasteiger partial charge on any atom is -0.459 e. The Labute approximate surface area is 165 Å². The zero-order valence-corrected chi connectivity index (χ0v) is 15.7. The molecule has 1 aliphatic heterocycles. The van der Waals surface area contributed by atoms with Crippen LogP contribution in [0.4, 0.5) is 10.1 Å². The molecular formula is C21H18FN3O4. The van der Waals surface area contributed by atoms with Gasteiger partial charge in [0.2, 0.25) is 5.91 Å². The summed E-state index contributed by atoms with van der Waals surface area (Å²) in [5, 5.41) is 0. The third kappa shape index (κ3) is 3.61. The first-order valence-corrected chi connectivity index (χ1v) is 9.14. The van der Waals surface area contributed by atoms with Crippen molar-refractivity contribution in [2.45, 2.75) is 20.0 Å². The van der Waals surface area contributed by atoms with Crippen LogP contribution >= 0.6 is 0 Å². The van der Waals surface area contributed by atoms with Gasteiger partial charge in [0, 0.05) is 24.7 Å². The number of para-hydroxylation sites is 1. The average Bonchev–Trinajstić information content (AvgIpc) is 3.08. The molecule has 0 N–H and O–H groups in total. The second kappa shape index (κ2) is 7.46. The van der Waals surface area contributed by atoms with Gasteiger partial charge in [-0.3, -0.25) is 18.8 Å². The molecule has 0 bridgehead atoms. The van der Waals surface area contributed by atoms with Crippen LogP contribution in [0.1, 0.15) is 17.8 Å². The number of carbonyl (C=O) groups excluding carboxylic acids is 2. The van der Waals surface area contributed by atoms with Gasteiger partial charge in [-0.25, -0.2) is 9.37 Å². The van der Waals surface area contributed by atoms with E-state index in [0.29, 0.717) is 11.3 Å². The predicted octanol–water partition coefficient (Wildman–Crippen LogP) is 2.24. The van der Waals surface area contributed by atoms with Crippen molar-refractivity contribution in [1.82, 2.24) is 9.38 Å². The van der Waals surface area contributed by atoms with Gasteiger partial charge in [-0.1, -0.05) is 18.2 Å². The van der Waals surface area contributed by atoms with Gasteiger partial charge in [-0.05, 0) is 31.2 Å². The largest absolute Gasteiger partial charge is 0.459 e. The maximum Gasteiger partial charge on any atom is 0.311 e. The highest BCUT2D eigenvalue weighted by Gasteiger charge is 2.37. The van der Waals surface area contributed by atoms with Crippen molar-refractivity contribution < 1.29 is 18.7 Å². The van der Waals surface area contributed by atoms with Gasteiger partial charge in [0.1, 0.15) is 18.1 Å². The van der Waals surface area contributed by atoms with Gasteiger partial charge in [0.05, 0.1) is 17.3 Å². The Morgan fingerprint density at radius 1 is 1.21 bits per heavy atom. The van der Waals surface area contributed by atoms with Gasteiger partial charge < -0.3 is 9.64 Å². The Morgan fingerprint density at radius 3 is 2.79 bits per heavy atom. The quantitative estimate of drug-likeness (QED) is 0.633. The Morgan fingerprint density at radius 2 is 2.00 bits per heavy atom. The molecule has 29 heavy (non-hydrogen) atoms. The summed E-state index contributed by atoms with van der Waals surface area (Å²) in [4.78, 5) is 42.5. The van der Waals surface area contributed by atoms with E-state index in [1.54, 1.807) is 31.2 Å². The zero-order valence-electron chi connectivity index (χ0n) is 15.7. The van der Waals surface area contributed by atoms with E-state index < -0.39 is 17.7 Å². The lowest BCUT2D eigenvalue weighted by Crippen LogP contribution is -2.27. The molecule has 0 radical (unpaired) electrons. The Bertz CT molecular complexity index is 1170. The monoisotopic (exact) mass is 395 g/mol. The number of halogens is 1. The van der Waals surface area contributed by atoms with E-state index in [9.17, 15) is 18.8 Å². The van der Waals surface area contributed by atoms with Crippen molar-refractivity contribution in [2.24, 2.45) is 5.92 Å². The van der Waals surface area contributed by atoms with Crippen LogP contribution in [0.15, 0.2) is 53.3 Å². The van der Waals surface area contributed by atoms with Crippen molar-refractivity contribution >= 4 is 23.2 Å². The summed E-state index contributed by atoms with van der Waals surface area (Å²) in [6.45, 7) is 1.67. The van der Waals surface area contributed by atoms with E-state index in [1.807, 2.05) is 0 Å². The fraction of sp³-hybridized carbons (Fsp3) is 0.238. The van der Waals surface area contributed by atoms with Crippen molar-refractivity contribution in [2.75, 3.05) is 11.4 Å². The SMILES string of the molecule is Cc1cccc2nc(COC(=O)[C@H]3CC(=O)N(c4ccccc4F)C3)cc(=O)n12. The van der Waals surface area contributed by atoms with Crippen LogP contribution in [0.3, 0.4) is 0 Å². The number of aryl methyl sites for hydroxylation is 1. The molecule has 0 unspecified atom stereocenters. The molecule has 1 saturated heterocycles. The van der Waals surface area contributed by atoms with Crippen molar-refractivity contribution in [3.05, 3.63) is 76.1 Å². The lowest BCUT2D eigenvalue weighted by Gasteiger charge is -2.17. The molecule has 1 fully saturated rings. The van der Waals surface area contributed by atoms with Gasteiger partial charge in [-0.15, -0.1) is 0 Å². The first-order chi connectivity index (χ1) is 13.9. The second-order valence-electron chi connectivity index (χ2n) is 6.91. The molecule has 1 atom stereocenters. The third-order valence-corrected chi connectivity index (χ3v) is 4.90. The number of hydrogen-bond acceptors (Lipinski definition) is 5. The highest BCUT2D eigenvalue weighted by Crippen LogP contribution is 2.28. The molecule has 1 aliphatic rings. The fourth-order valence-electron chi connectivity index (χ4n) is 3.47. The van der Waals surface area contributed by atoms with E-state index in [-0.39, 0.29) is 36.7 Å². The zero-order chi connectivity index (χ0) is 20.5. The van der Waals surface area contributed by atoms with Crippen LogP contribution in [-0.2, 0) is 20.9 Å². The second-order valence-corrected chi connectivity index (χ2v) is 6.91. The molecule has 8 heteroatoms. The molecule has 148 valence electrons. The maximum absolute atomic E-state index is 14.0. The molecule has 3 heterocycles. The number of esters is 1. The minimum absolute atomic E-state index is 0.0472. The van der Waals surface area contributed by atoms with Gasteiger partial charge in [-0.2, -0.15) is 0 Å². The number of hydrogen-bond donors (Lipinski definition) is 0.